The molecule has 0 spiro atoms. The van der Waals surface area contributed by atoms with Crippen LogP contribution in [0.15, 0.2) is 36.4 Å². The molecule has 1 aromatic carbocycles. The molecule has 1 aliphatic heterocycles. The van der Waals surface area contributed by atoms with Gasteiger partial charge in [0.2, 0.25) is 5.91 Å². The molecule has 1 N–H and O–H groups in total. The van der Waals surface area contributed by atoms with Gasteiger partial charge in [-0.1, -0.05) is 24.3 Å². The van der Waals surface area contributed by atoms with Crippen LogP contribution in [0.1, 0.15) is 26.2 Å². The van der Waals surface area contributed by atoms with Gasteiger partial charge in [0.1, 0.15) is 6.54 Å². The Balaban J connectivity index is 1.66. The number of nitrogens with one attached hydrogen (secondary N) is 1. The number of ether oxygens (including phenoxy) is 1. The van der Waals surface area contributed by atoms with Crippen LogP contribution in [-0.4, -0.2) is 30.4 Å². The van der Waals surface area contributed by atoms with Crippen LogP contribution in [0.5, 0.6) is 0 Å². The molecule has 0 saturated carbocycles. The molecule has 2 aliphatic rings. The maximum absolute atomic E-state index is 12.6. The molecule has 0 fully saturated rings. The van der Waals surface area contributed by atoms with Crippen molar-refractivity contribution in [2.24, 2.45) is 5.92 Å². The van der Waals surface area contributed by atoms with Crippen molar-refractivity contribution < 1.29 is 19.1 Å². The Bertz CT molecular complexity index is 698. The molecule has 0 aromatic heterocycles. The summed E-state index contributed by atoms with van der Waals surface area (Å²) >= 11 is 0. The van der Waals surface area contributed by atoms with E-state index >= 15 is 0 Å². The molecule has 2 atom stereocenters. The number of para-hydroxylation sites is 2. The summed E-state index contributed by atoms with van der Waals surface area (Å²) in [6.07, 6.45) is 5.34. The van der Waals surface area contributed by atoms with E-state index in [1.165, 1.54) is 4.90 Å². The maximum atomic E-state index is 12.6. The van der Waals surface area contributed by atoms with Crippen molar-refractivity contribution in [3.05, 3.63) is 36.4 Å². The van der Waals surface area contributed by atoms with Crippen LogP contribution in [0.2, 0.25) is 0 Å². The molecule has 0 radical (unpaired) electrons. The van der Waals surface area contributed by atoms with Gasteiger partial charge in [-0.3, -0.25) is 19.3 Å². The summed E-state index contributed by atoms with van der Waals surface area (Å²) in [7, 11) is 0. The van der Waals surface area contributed by atoms with Crippen molar-refractivity contribution >= 4 is 29.2 Å². The van der Waals surface area contributed by atoms with Crippen LogP contribution in [0.3, 0.4) is 0 Å². The Hall–Kier alpha value is -2.63. The number of amides is 2. The number of nitrogens with zero attached hydrogens (tertiary/aromatic N) is 1. The van der Waals surface area contributed by atoms with E-state index in [4.69, 9.17) is 4.74 Å². The van der Waals surface area contributed by atoms with Gasteiger partial charge in [0.05, 0.1) is 17.8 Å². The van der Waals surface area contributed by atoms with Crippen molar-refractivity contribution in [2.75, 3.05) is 16.8 Å². The number of hydrogen-bond donors (Lipinski definition) is 1. The van der Waals surface area contributed by atoms with Gasteiger partial charge in [-0.25, -0.2) is 0 Å². The summed E-state index contributed by atoms with van der Waals surface area (Å²) in [5, 5.41) is 2.72. The van der Waals surface area contributed by atoms with E-state index in [9.17, 15) is 14.4 Å². The van der Waals surface area contributed by atoms with Gasteiger partial charge in [-0.05, 0) is 37.8 Å². The molecule has 24 heavy (non-hydrogen) atoms. The second-order valence-electron chi connectivity index (χ2n) is 6.09. The minimum atomic E-state index is -0.929. The number of fused-ring (bicyclic) bond motifs is 1. The van der Waals surface area contributed by atoms with Crippen molar-refractivity contribution in [3.63, 3.8) is 0 Å². The Labute approximate surface area is 140 Å². The van der Waals surface area contributed by atoms with Crippen LogP contribution in [0.25, 0.3) is 0 Å². The Morgan fingerprint density at radius 1 is 1.38 bits per heavy atom. The van der Waals surface area contributed by atoms with Crippen molar-refractivity contribution in [3.8, 4) is 0 Å². The van der Waals surface area contributed by atoms with E-state index < -0.39 is 12.0 Å². The number of allylic oxidation sites excluding steroid dienone is 2. The lowest BCUT2D eigenvalue weighted by Gasteiger charge is -2.30. The number of carbonyl (C=O) groups excluding carboxylic acids is 3. The predicted octanol–water partition coefficient (Wildman–Crippen LogP) is 2.26. The number of anilines is 2. The summed E-state index contributed by atoms with van der Waals surface area (Å²) in [4.78, 5) is 37.8. The zero-order valence-electron chi connectivity index (χ0n) is 13.5. The number of carbonyl (C=O) groups is 3. The van der Waals surface area contributed by atoms with Gasteiger partial charge in [-0.15, -0.1) is 0 Å². The molecule has 0 unspecified atom stereocenters. The van der Waals surface area contributed by atoms with Gasteiger partial charge in [-0.2, -0.15) is 0 Å². The molecule has 6 nitrogen and oxygen atoms in total. The lowest BCUT2D eigenvalue weighted by molar-refractivity contribution is -0.154. The minimum absolute atomic E-state index is 0.0803. The normalized spacial score (nSPS) is 20.3. The summed E-state index contributed by atoms with van der Waals surface area (Å²) in [5.41, 5.74) is 1.19. The van der Waals surface area contributed by atoms with Gasteiger partial charge >= 0.3 is 5.97 Å². The molecule has 126 valence electrons. The first-order chi connectivity index (χ1) is 11.5. The number of rotatable bonds is 4. The molecule has 0 bridgehead atoms. The fraction of sp³-hybridized carbons (Fsp3) is 0.389. The molecule has 6 heteroatoms. The molecule has 1 heterocycles. The lowest BCUT2D eigenvalue weighted by atomic mass is 10.1. The topological polar surface area (TPSA) is 75.7 Å². The van der Waals surface area contributed by atoms with Crippen molar-refractivity contribution in [2.45, 2.75) is 32.3 Å². The first kappa shape index (κ1) is 16.2. The zero-order valence-corrected chi connectivity index (χ0v) is 13.5. The second kappa shape index (κ2) is 6.86. The quantitative estimate of drug-likeness (QED) is 0.679. The highest BCUT2D eigenvalue weighted by atomic mass is 16.5. The van der Waals surface area contributed by atoms with Gasteiger partial charge < -0.3 is 10.1 Å². The zero-order chi connectivity index (χ0) is 17.1. The third-order valence-corrected chi connectivity index (χ3v) is 4.23. The first-order valence-corrected chi connectivity index (χ1v) is 8.11. The molecule has 3 rings (SSSR count). The third-order valence-electron chi connectivity index (χ3n) is 4.23. The molecule has 0 saturated heterocycles. The van der Waals surface area contributed by atoms with Crippen molar-refractivity contribution in [1.82, 2.24) is 0 Å². The van der Waals surface area contributed by atoms with E-state index in [-0.39, 0.29) is 30.8 Å². The maximum Gasteiger partial charge on any atom is 0.307 e. The second-order valence-corrected chi connectivity index (χ2v) is 6.09. The SMILES string of the molecule is C[C@@H](OC(=O)C[C@H]1C=CCC1)C(=O)N1CC(=O)Nc2ccccc21. The summed E-state index contributed by atoms with van der Waals surface area (Å²) < 4.78 is 5.28. The van der Waals surface area contributed by atoms with E-state index in [2.05, 4.69) is 11.4 Å². The Kier molecular flexibility index (Phi) is 4.64. The smallest absolute Gasteiger partial charge is 0.307 e. The van der Waals surface area contributed by atoms with Crippen LogP contribution in [0.4, 0.5) is 11.4 Å². The lowest BCUT2D eigenvalue weighted by Crippen LogP contribution is -2.47. The van der Waals surface area contributed by atoms with E-state index in [1.54, 1.807) is 31.2 Å². The molecule has 1 aromatic rings. The van der Waals surface area contributed by atoms with Crippen LogP contribution in [0, 0.1) is 5.92 Å². The summed E-state index contributed by atoms with van der Waals surface area (Å²) in [6.45, 7) is 1.46. The highest BCUT2D eigenvalue weighted by molar-refractivity contribution is 6.11. The predicted molar refractivity (Wildman–Crippen MR) is 89.5 cm³/mol. The van der Waals surface area contributed by atoms with E-state index in [1.807, 2.05) is 6.08 Å². The molecule has 1 aliphatic carbocycles. The fourth-order valence-corrected chi connectivity index (χ4v) is 3.02. The standard InChI is InChI=1S/C18H20N2O4/c1-12(24-17(22)10-13-6-2-3-7-13)18(23)20-11-16(21)19-14-8-4-5-9-15(14)20/h2,4-6,8-9,12-13H,3,7,10-11H2,1H3,(H,19,21)/t12-,13+/m1/s1. The highest BCUT2D eigenvalue weighted by Crippen LogP contribution is 2.29. The van der Waals surface area contributed by atoms with Gasteiger partial charge in [0.25, 0.3) is 5.91 Å². The fourth-order valence-electron chi connectivity index (χ4n) is 3.02. The number of esters is 1. The molecular formula is C18H20N2O4. The largest absolute Gasteiger partial charge is 0.453 e. The minimum Gasteiger partial charge on any atom is -0.453 e. The summed E-state index contributed by atoms with van der Waals surface area (Å²) in [6, 6.07) is 7.06. The summed E-state index contributed by atoms with van der Waals surface area (Å²) in [5.74, 6) is -0.854. The monoisotopic (exact) mass is 328 g/mol. The average Bonchev–Trinajstić information content (AvgIpc) is 3.06. The molecular weight excluding hydrogens is 308 g/mol. The number of benzene rings is 1. The van der Waals surface area contributed by atoms with E-state index in [0.717, 1.165) is 12.8 Å². The number of hydrogen-bond acceptors (Lipinski definition) is 4. The highest BCUT2D eigenvalue weighted by Gasteiger charge is 2.31. The Morgan fingerprint density at radius 2 is 2.17 bits per heavy atom. The van der Waals surface area contributed by atoms with Gasteiger partial charge in [0, 0.05) is 0 Å². The van der Waals surface area contributed by atoms with Crippen LogP contribution < -0.4 is 10.2 Å². The van der Waals surface area contributed by atoms with Crippen molar-refractivity contribution in [1.29, 1.82) is 0 Å². The average molecular weight is 328 g/mol. The van der Waals surface area contributed by atoms with E-state index in [0.29, 0.717) is 11.4 Å². The van der Waals surface area contributed by atoms with Gasteiger partial charge in [0.15, 0.2) is 6.10 Å². The van der Waals surface area contributed by atoms with Crippen LogP contribution >= 0.6 is 0 Å². The third kappa shape index (κ3) is 3.48. The molecule has 2 amide bonds. The Morgan fingerprint density at radius 3 is 2.92 bits per heavy atom. The first-order valence-electron chi connectivity index (χ1n) is 8.11. The van der Waals surface area contributed by atoms with Crippen LogP contribution in [-0.2, 0) is 19.1 Å².